The van der Waals surface area contributed by atoms with E-state index < -0.39 is 18.0 Å². The molecule has 0 amide bonds. The first-order chi connectivity index (χ1) is 10.1. The quantitative estimate of drug-likeness (QED) is 0.277. The van der Waals surface area contributed by atoms with Crippen molar-refractivity contribution in [2.75, 3.05) is 13.2 Å². The first-order valence-electron chi connectivity index (χ1n) is 6.76. The molecule has 0 aromatic carbocycles. The van der Waals surface area contributed by atoms with Crippen molar-refractivity contribution in [1.29, 1.82) is 0 Å². The molecule has 0 saturated carbocycles. The Morgan fingerprint density at radius 2 is 1.13 bits per heavy atom. The Morgan fingerprint density at radius 3 is 1.26 bits per heavy atom. The molecule has 0 N–H and O–H groups in total. The fourth-order valence-electron chi connectivity index (χ4n) is 0.700. The van der Waals surface area contributed by atoms with Crippen molar-refractivity contribution in [3.05, 3.63) is 23.7 Å². The fourth-order valence-corrected chi connectivity index (χ4v) is 0.700. The SMILES string of the molecule is CC(C)[O-].CCOC(=O)/C=C(\C)[O-].CCOC(=O)/C=C(\C)[O-].[Al+3]. The molecule has 0 unspecified atom stereocenters. The van der Waals surface area contributed by atoms with Crippen LogP contribution in [-0.2, 0) is 19.1 Å². The second-order valence-corrected chi connectivity index (χ2v) is 4.06. The van der Waals surface area contributed by atoms with Gasteiger partial charge in [-0.3, -0.25) is 0 Å². The first-order valence-corrected chi connectivity index (χ1v) is 6.76. The third-order valence-corrected chi connectivity index (χ3v) is 1.22. The third kappa shape index (κ3) is 44.9. The van der Waals surface area contributed by atoms with Crippen molar-refractivity contribution < 1.29 is 34.4 Å². The van der Waals surface area contributed by atoms with Crippen LogP contribution in [0.15, 0.2) is 23.7 Å². The Morgan fingerprint density at radius 1 is 0.913 bits per heavy atom. The molecule has 0 aliphatic rings. The van der Waals surface area contributed by atoms with Crippen LogP contribution in [0.25, 0.3) is 0 Å². The molecule has 0 atom stereocenters. The Hall–Kier alpha value is -1.49. The number of allylic oxidation sites excluding steroid dienone is 2. The van der Waals surface area contributed by atoms with Gasteiger partial charge in [0, 0.05) is 12.2 Å². The summed E-state index contributed by atoms with van der Waals surface area (Å²) in [7, 11) is 0. The molecular weight excluding hydrogens is 319 g/mol. The average Bonchev–Trinajstić information content (AvgIpc) is 2.26. The largest absolute Gasteiger partial charge is 3.00 e. The number of hydrogen-bond acceptors (Lipinski definition) is 7. The summed E-state index contributed by atoms with van der Waals surface area (Å²) in [5, 5.41) is 29.9. The van der Waals surface area contributed by atoms with E-state index in [4.69, 9.17) is 0 Å². The molecule has 0 rings (SSSR count). The van der Waals surface area contributed by atoms with Crippen LogP contribution in [0.1, 0.15) is 41.5 Å². The van der Waals surface area contributed by atoms with Gasteiger partial charge in [-0.15, -0.1) is 17.6 Å². The topological polar surface area (TPSA) is 122 Å². The normalized spacial score (nSPS) is 10.3. The molecular formula is C15H25AlO7. The zero-order valence-electron chi connectivity index (χ0n) is 14.6. The number of esters is 2. The molecule has 0 heterocycles. The summed E-state index contributed by atoms with van der Waals surface area (Å²) in [6, 6.07) is 0. The Bertz CT molecular complexity index is 320. The van der Waals surface area contributed by atoms with Crippen LogP contribution in [0.4, 0.5) is 0 Å². The van der Waals surface area contributed by atoms with E-state index in [0.717, 1.165) is 12.2 Å². The van der Waals surface area contributed by atoms with E-state index >= 15 is 0 Å². The molecule has 0 aromatic rings. The van der Waals surface area contributed by atoms with Gasteiger partial charge >= 0.3 is 29.3 Å². The fraction of sp³-hybridized carbons (Fsp3) is 0.600. The molecule has 130 valence electrons. The van der Waals surface area contributed by atoms with E-state index in [9.17, 15) is 24.9 Å². The van der Waals surface area contributed by atoms with Gasteiger partial charge in [-0.05, 0) is 13.8 Å². The van der Waals surface area contributed by atoms with Crippen LogP contribution in [0.2, 0.25) is 0 Å². The maximum atomic E-state index is 10.4. The molecule has 0 aromatic heterocycles. The van der Waals surface area contributed by atoms with Gasteiger partial charge in [0.25, 0.3) is 0 Å². The van der Waals surface area contributed by atoms with Gasteiger partial charge in [0.05, 0.1) is 13.2 Å². The van der Waals surface area contributed by atoms with Crippen LogP contribution in [0, 0.1) is 0 Å². The minimum Gasteiger partial charge on any atom is -0.875 e. The van der Waals surface area contributed by atoms with E-state index in [0.29, 0.717) is 13.2 Å². The molecule has 7 nitrogen and oxygen atoms in total. The number of carbonyl (C=O) groups excluding carboxylic acids is 2. The zero-order chi connectivity index (χ0) is 18.1. The predicted molar refractivity (Wildman–Crippen MR) is 81.7 cm³/mol. The second kappa shape index (κ2) is 20.5. The molecule has 0 fully saturated rings. The zero-order valence-corrected chi connectivity index (χ0v) is 15.7. The van der Waals surface area contributed by atoms with Gasteiger partial charge < -0.3 is 24.8 Å². The van der Waals surface area contributed by atoms with Crippen molar-refractivity contribution in [1.82, 2.24) is 0 Å². The van der Waals surface area contributed by atoms with E-state index in [1.165, 1.54) is 13.8 Å². The van der Waals surface area contributed by atoms with Gasteiger partial charge in [0.15, 0.2) is 0 Å². The summed E-state index contributed by atoms with van der Waals surface area (Å²) >= 11 is 0. The van der Waals surface area contributed by atoms with Crippen LogP contribution in [0.5, 0.6) is 0 Å². The molecule has 8 heteroatoms. The molecule has 0 radical (unpaired) electrons. The Balaban J connectivity index is -0.000000124. The monoisotopic (exact) mass is 344 g/mol. The molecule has 0 aliphatic heterocycles. The minimum atomic E-state index is -0.565. The predicted octanol–water partition coefficient (Wildman–Crippen LogP) is -0.998. The molecule has 0 bridgehead atoms. The third-order valence-electron chi connectivity index (χ3n) is 1.22. The maximum absolute atomic E-state index is 10.4. The van der Waals surface area contributed by atoms with E-state index in [1.807, 2.05) is 0 Å². The molecule has 0 spiro atoms. The summed E-state index contributed by atoms with van der Waals surface area (Å²) in [4.78, 5) is 20.7. The van der Waals surface area contributed by atoms with Crippen LogP contribution >= 0.6 is 0 Å². The smallest absolute Gasteiger partial charge is 0.875 e. The number of hydrogen-bond donors (Lipinski definition) is 0. The second-order valence-electron chi connectivity index (χ2n) is 4.06. The van der Waals surface area contributed by atoms with E-state index in [-0.39, 0.29) is 28.9 Å². The summed E-state index contributed by atoms with van der Waals surface area (Å²) in [5.41, 5.74) is 0. The van der Waals surface area contributed by atoms with Crippen molar-refractivity contribution >= 4 is 29.3 Å². The molecule has 0 saturated heterocycles. The van der Waals surface area contributed by atoms with Crippen molar-refractivity contribution in [2.45, 2.75) is 47.6 Å². The Labute approximate surface area is 148 Å². The summed E-state index contributed by atoms with van der Waals surface area (Å²) < 4.78 is 8.87. The van der Waals surface area contributed by atoms with Crippen LogP contribution in [0.3, 0.4) is 0 Å². The standard InChI is InChI=1S/2C6H10O3.C3H7O.Al/c2*1-3-9-6(8)4-5(2)7;1-3(2)4;/h2*4,7H,3H2,1-2H3;3H,1-2H3;/q;;-1;+3/p-2/b2*5-4+;;. The van der Waals surface area contributed by atoms with Crippen molar-refractivity contribution in [3.63, 3.8) is 0 Å². The minimum absolute atomic E-state index is 0. The molecule has 23 heavy (non-hydrogen) atoms. The van der Waals surface area contributed by atoms with Gasteiger partial charge in [-0.2, -0.15) is 0 Å². The van der Waals surface area contributed by atoms with Gasteiger partial charge in [0.2, 0.25) is 0 Å². The summed E-state index contributed by atoms with van der Waals surface area (Å²) in [6.07, 6.45) is 1.42. The van der Waals surface area contributed by atoms with Gasteiger partial charge in [-0.25, -0.2) is 9.59 Å². The molecule has 0 aliphatic carbocycles. The summed E-state index contributed by atoms with van der Waals surface area (Å²) in [6.45, 7) is 9.82. The Kier molecular flexibility index (Phi) is 26.3. The van der Waals surface area contributed by atoms with E-state index in [1.54, 1.807) is 27.7 Å². The van der Waals surface area contributed by atoms with Crippen LogP contribution < -0.4 is 15.3 Å². The van der Waals surface area contributed by atoms with Crippen molar-refractivity contribution in [2.24, 2.45) is 0 Å². The summed E-state index contributed by atoms with van der Waals surface area (Å²) in [5.74, 6) is -1.70. The van der Waals surface area contributed by atoms with Gasteiger partial charge in [0.1, 0.15) is 0 Å². The first kappa shape index (κ1) is 29.5. The van der Waals surface area contributed by atoms with Gasteiger partial charge in [-0.1, -0.05) is 27.7 Å². The van der Waals surface area contributed by atoms with E-state index in [2.05, 4.69) is 9.47 Å². The maximum Gasteiger partial charge on any atom is 3.00 e. The average molecular weight is 344 g/mol. The number of ether oxygens (including phenoxy) is 2. The van der Waals surface area contributed by atoms with Crippen molar-refractivity contribution in [3.8, 4) is 0 Å². The number of carbonyl (C=O) groups is 2. The van der Waals surface area contributed by atoms with Crippen LogP contribution in [-0.4, -0.2) is 48.6 Å². The number of rotatable bonds is 4.